The number of nitriles is 1. The van der Waals surface area contributed by atoms with Crippen LogP contribution >= 0.6 is 11.6 Å². The van der Waals surface area contributed by atoms with Gasteiger partial charge in [0.1, 0.15) is 17.1 Å². The van der Waals surface area contributed by atoms with Gasteiger partial charge in [-0.2, -0.15) is 11.1 Å². The molecule has 11 nitrogen and oxygen atoms in total. The van der Waals surface area contributed by atoms with Crippen molar-refractivity contribution in [3.05, 3.63) is 80.7 Å². The van der Waals surface area contributed by atoms with E-state index in [2.05, 4.69) is 5.32 Å². The molecule has 0 aliphatic carbocycles. The van der Waals surface area contributed by atoms with Gasteiger partial charge in [-0.1, -0.05) is 17.7 Å². The molecule has 1 spiro atoms. The third-order valence-electron chi connectivity index (χ3n) is 6.55. The first-order valence-corrected chi connectivity index (χ1v) is 11.7. The zero-order valence-electron chi connectivity index (χ0n) is 19.9. The molecule has 0 atom stereocenters. The van der Waals surface area contributed by atoms with E-state index in [1.165, 1.54) is 35.0 Å². The number of carbonyl (C=O) groups excluding carboxylic acids is 2. The van der Waals surface area contributed by atoms with Crippen LogP contribution in [-0.2, 0) is 11.2 Å². The number of urea groups is 1. The number of hydrogen-bond donors (Lipinski definition) is 3. The van der Waals surface area contributed by atoms with Gasteiger partial charge >= 0.3 is 6.03 Å². The fourth-order valence-corrected chi connectivity index (χ4v) is 4.73. The highest BCUT2D eigenvalue weighted by Gasteiger charge is 2.54. The van der Waals surface area contributed by atoms with E-state index in [1.54, 1.807) is 29.2 Å². The molecule has 0 saturated carbocycles. The van der Waals surface area contributed by atoms with E-state index in [1.807, 2.05) is 6.07 Å². The Bertz CT molecular complexity index is 1330. The first-order valence-electron chi connectivity index (χ1n) is 11.3. The van der Waals surface area contributed by atoms with Crippen molar-refractivity contribution in [3.63, 3.8) is 0 Å². The molecule has 2 heterocycles. The van der Waals surface area contributed by atoms with Crippen molar-refractivity contribution in [2.75, 3.05) is 31.5 Å². The maximum absolute atomic E-state index is 13.7. The lowest BCUT2D eigenvalue weighted by molar-refractivity contribution is -0.514. The topological polar surface area (TPSA) is 152 Å². The van der Waals surface area contributed by atoms with Crippen molar-refractivity contribution < 1.29 is 18.8 Å². The summed E-state index contributed by atoms with van der Waals surface area (Å²) in [7, 11) is 0. The van der Waals surface area contributed by atoms with Crippen LogP contribution in [0.2, 0.25) is 5.02 Å². The number of halogens is 2. The molecule has 2 fully saturated rings. The highest BCUT2D eigenvalue weighted by molar-refractivity contribution is 6.30. The quantitative estimate of drug-likeness (QED) is 0.313. The molecule has 0 unspecified atom stereocenters. The minimum Gasteiger partial charge on any atom is -0.338 e. The molecule has 192 valence electrons. The SMILES string of the molecule is CC(=O)N1CC2(C1)CN(C(=O)Nc1ccc(C#N)cc1)CC(=C(Cc1ccc(F)c(Cl)c1)[N+](N)=O)N2N. The second-order valence-electron chi connectivity index (χ2n) is 9.09. The molecule has 2 saturated heterocycles. The number of carbonyl (C=O) groups is 2. The molecule has 5 N–H and O–H groups in total. The monoisotopic (exact) mass is 527 g/mol. The summed E-state index contributed by atoms with van der Waals surface area (Å²) in [5.74, 6) is 11.4. The van der Waals surface area contributed by atoms with Gasteiger partial charge in [-0.25, -0.2) is 15.0 Å². The molecular formula is C24H25ClFN8O3+. The summed E-state index contributed by atoms with van der Waals surface area (Å²) >= 11 is 5.91. The third-order valence-corrected chi connectivity index (χ3v) is 6.84. The molecule has 0 radical (unpaired) electrons. The van der Waals surface area contributed by atoms with Gasteiger partial charge in [-0.05, 0) is 42.0 Å². The lowest BCUT2D eigenvalue weighted by Crippen LogP contribution is -2.79. The third kappa shape index (κ3) is 5.18. The Morgan fingerprint density at radius 3 is 2.41 bits per heavy atom. The number of amides is 3. The van der Waals surface area contributed by atoms with Crippen LogP contribution in [0.25, 0.3) is 0 Å². The van der Waals surface area contributed by atoms with Crippen molar-refractivity contribution in [1.29, 1.82) is 5.26 Å². The average Bonchev–Trinajstić information content (AvgIpc) is 2.83. The second kappa shape index (κ2) is 10.0. The number of nitrogens with zero attached hydrogens (tertiary/aromatic N) is 5. The number of benzene rings is 2. The van der Waals surface area contributed by atoms with E-state index in [-0.39, 0.29) is 59.8 Å². The summed E-state index contributed by atoms with van der Waals surface area (Å²) < 4.78 is 13.7. The van der Waals surface area contributed by atoms with E-state index in [4.69, 9.17) is 28.5 Å². The van der Waals surface area contributed by atoms with Crippen LogP contribution in [0.4, 0.5) is 14.9 Å². The number of hydrazine groups is 2. The Kier molecular flexibility index (Phi) is 7.02. The van der Waals surface area contributed by atoms with Crippen molar-refractivity contribution >= 4 is 29.2 Å². The Hall–Kier alpha value is -4.21. The fraction of sp³-hybridized carbons (Fsp3) is 0.292. The Morgan fingerprint density at radius 2 is 1.84 bits per heavy atom. The molecule has 2 aliphatic heterocycles. The zero-order valence-corrected chi connectivity index (χ0v) is 20.7. The van der Waals surface area contributed by atoms with E-state index < -0.39 is 17.4 Å². The number of allylic oxidation sites excluding steroid dienone is 1. The Labute approximate surface area is 217 Å². The van der Waals surface area contributed by atoms with Crippen LogP contribution in [0.5, 0.6) is 0 Å². The number of rotatable bonds is 4. The first kappa shape index (κ1) is 25.9. The van der Waals surface area contributed by atoms with Crippen LogP contribution < -0.4 is 17.0 Å². The van der Waals surface area contributed by atoms with Crippen LogP contribution in [-0.4, -0.2) is 63.3 Å². The molecule has 37 heavy (non-hydrogen) atoms. The zero-order chi connectivity index (χ0) is 26.9. The summed E-state index contributed by atoms with van der Waals surface area (Å²) in [5, 5.41) is 13.1. The van der Waals surface area contributed by atoms with Gasteiger partial charge in [0.25, 0.3) is 5.70 Å². The first-order chi connectivity index (χ1) is 17.5. The largest absolute Gasteiger partial charge is 0.338 e. The molecule has 13 heteroatoms. The predicted octanol–water partition coefficient (Wildman–Crippen LogP) is 2.08. The van der Waals surface area contributed by atoms with Crippen molar-refractivity contribution in [2.45, 2.75) is 18.9 Å². The molecule has 3 amide bonds. The van der Waals surface area contributed by atoms with Gasteiger partial charge in [0.15, 0.2) is 4.87 Å². The van der Waals surface area contributed by atoms with E-state index in [0.717, 1.165) is 0 Å². The lowest BCUT2D eigenvalue weighted by Gasteiger charge is -2.58. The van der Waals surface area contributed by atoms with Gasteiger partial charge in [-0.3, -0.25) is 9.80 Å². The normalized spacial score (nSPS) is 17.6. The number of nitrogens with two attached hydrogens (primary N) is 2. The molecular weight excluding hydrogens is 503 g/mol. The van der Waals surface area contributed by atoms with E-state index >= 15 is 0 Å². The highest BCUT2D eigenvalue weighted by Crippen LogP contribution is 2.35. The number of hydrogen-bond acceptors (Lipinski definition) is 6. The van der Waals surface area contributed by atoms with Gasteiger partial charge in [-0.15, -0.1) is 0 Å². The lowest BCUT2D eigenvalue weighted by atomic mass is 9.85. The van der Waals surface area contributed by atoms with Crippen LogP contribution in [0, 0.1) is 22.1 Å². The second-order valence-corrected chi connectivity index (χ2v) is 9.50. The average molecular weight is 528 g/mol. The van der Waals surface area contributed by atoms with Gasteiger partial charge in [0.2, 0.25) is 5.91 Å². The number of piperazine rings is 1. The molecule has 0 aromatic heterocycles. The maximum atomic E-state index is 13.7. The minimum atomic E-state index is -0.844. The van der Waals surface area contributed by atoms with Crippen molar-refractivity contribution in [2.24, 2.45) is 11.7 Å². The summed E-state index contributed by atoms with van der Waals surface area (Å²) in [6, 6.07) is 12.0. The molecule has 0 bridgehead atoms. The summed E-state index contributed by atoms with van der Waals surface area (Å²) in [6.07, 6.45) is -0.0272. The van der Waals surface area contributed by atoms with Crippen molar-refractivity contribution in [3.8, 4) is 6.07 Å². The van der Waals surface area contributed by atoms with Crippen LogP contribution in [0.3, 0.4) is 0 Å². The van der Waals surface area contributed by atoms with E-state index in [9.17, 15) is 18.9 Å². The summed E-state index contributed by atoms with van der Waals surface area (Å²) in [5.41, 5.74) is 0.929. The maximum Gasteiger partial charge on any atom is 0.322 e. The molecule has 2 aromatic rings. The fourth-order valence-electron chi connectivity index (χ4n) is 4.52. The van der Waals surface area contributed by atoms with Crippen LogP contribution in [0.1, 0.15) is 18.1 Å². The number of nitrogens with one attached hydrogen (secondary N) is 1. The van der Waals surface area contributed by atoms with Crippen LogP contribution in [0.15, 0.2) is 53.9 Å². The van der Waals surface area contributed by atoms with E-state index in [0.29, 0.717) is 16.8 Å². The Morgan fingerprint density at radius 1 is 1.19 bits per heavy atom. The molecule has 2 aromatic carbocycles. The number of nitroso groups, excluding NO2 is 1. The number of likely N-dealkylation sites (tertiary alicyclic amines) is 1. The van der Waals surface area contributed by atoms with Gasteiger partial charge in [0, 0.05) is 25.7 Å². The highest BCUT2D eigenvalue weighted by atomic mass is 35.5. The number of anilines is 1. The minimum absolute atomic E-state index is 0.0272. The molecule has 2 aliphatic rings. The Balaban J connectivity index is 1.68. The standard InChI is InChI=1S/C24H24ClFN8O3/c1-15(35)32-13-24(14-32)12-31(23(36)30-18-5-2-16(10-27)3-6-18)11-22(33(24)28)21(34(29)37)9-17-4-7-20(26)19(25)8-17/h2-8H,9,11-14,28H2,1H3,(H2-,29,30,36,37)/p+1. The van der Waals surface area contributed by atoms with Crippen molar-refractivity contribution in [1.82, 2.24) is 14.8 Å². The summed E-state index contributed by atoms with van der Waals surface area (Å²) in [4.78, 5) is 40.9. The predicted molar refractivity (Wildman–Crippen MR) is 133 cm³/mol. The van der Waals surface area contributed by atoms with Gasteiger partial charge in [0.05, 0.1) is 41.1 Å². The van der Waals surface area contributed by atoms with Gasteiger partial charge < -0.3 is 15.1 Å². The smallest absolute Gasteiger partial charge is 0.322 e. The molecule has 4 rings (SSSR count). The summed E-state index contributed by atoms with van der Waals surface area (Å²) in [6.45, 7) is 2.04.